The van der Waals surface area contributed by atoms with Crippen molar-refractivity contribution in [1.29, 1.82) is 0 Å². The number of hydrogen-bond acceptors (Lipinski definition) is 2. The monoisotopic (exact) mass is 218 g/mol. The lowest BCUT2D eigenvalue weighted by Gasteiger charge is -2.30. The number of aryl methyl sites for hydroxylation is 2. The summed E-state index contributed by atoms with van der Waals surface area (Å²) >= 11 is 0. The molecule has 0 aliphatic carbocycles. The molecule has 3 nitrogen and oxygen atoms in total. The van der Waals surface area contributed by atoms with Crippen LogP contribution in [-0.2, 0) is 4.79 Å². The maximum atomic E-state index is 11.8. The van der Waals surface area contributed by atoms with Crippen LogP contribution in [0.5, 0.6) is 0 Å². The van der Waals surface area contributed by atoms with Crippen molar-refractivity contribution in [2.75, 3.05) is 23.3 Å². The van der Waals surface area contributed by atoms with E-state index in [2.05, 4.69) is 38.2 Å². The van der Waals surface area contributed by atoms with E-state index < -0.39 is 0 Å². The molecule has 0 unspecified atom stereocenters. The van der Waals surface area contributed by atoms with Crippen molar-refractivity contribution >= 4 is 17.3 Å². The predicted molar refractivity (Wildman–Crippen MR) is 67.0 cm³/mol. The lowest BCUT2D eigenvalue weighted by molar-refractivity contribution is -0.117. The Balaban J connectivity index is 2.46. The van der Waals surface area contributed by atoms with Crippen molar-refractivity contribution in [2.24, 2.45) is 0 Å². The molecule has 1 aromatic carbocycles. The summed E-state index contributed by atoms with van der Waals surface area (Å²) < 4.78 is 0. The lowest BCUT2D eigenvalue weighted by Crippen LogP contribution is -2.40. The third-order valence-corrected chi connectivity index (χ3v) is 3.08. The molecule has 0 saturated heterocycles. The first kappa shape index (κ1) is 11.0. The first-order chi connectivity index (χ1) is 7.63. The Bertz CT molecular complexity index is 426. The minimum Gasteiger partial charge on any atom is -0.374 e. The number of carbonyl (C=O) groups excluding carboxylic acids is 1. The zero-order valence-electron chi connectivity index (χ0n) is 10.1. The van der Waals surface area contributed by atoms with Gasteiger partial charge < -0.3 is 10.2 Å². The van der Waals surface area contributed by atoms with Gasteiger partial charge in [0.05, 0.1) is 17.9 Å². The molecule has 1 aliphatic rings. The minimum absolute atomic E-state index is 0.164. The first-order valence-corrected chi connectivity index (χ1v) is 5.79. The van der Waals surface area contributed by atoms with Crippen LogP contribution < -0.4 is 10.2 Å². The second-order valence-corrected chi connectivity index (χ2v) is 4.35. The molecule has 3 heteroatoms. The SMILES string of the molecule is CCCN1C(=O)CNc2cc(C)c(C)cc21. The summed E-state index contributed by atoms with van der Waals surface area (Å²) in [5.41, 5.74) is 4.60. The molecule has 1 aliphatic heterocycles. The summed E-state index contributed by atoms with van der Waals surface area (Å²) in [5.74, 6) is 0.164. The number of fused-ring (bicyclic) bond motifs is 1. The molecule has 1 amide bonds. The highest BCUT2D eigenvalue weighted by Crippen LogP contribution is 2.32. The van der Waals surface area contributed by atoms with Crippen LogP contribution >= 0.6 is 0 Å². The van der Waals surface area contributed by atoms with Crippen molar-refractivity contribution in [3.05, 3.63) is 23.3 Å². The van der Waals surface area contributed by atoms with Gasteiger partial charge in [0.25, 0.3) is 0 Å². The Labute approximate surface area is 96.5 Å². The highest BCUT2D eigenvalue weighted by Gasteiger charge is 2.23. The Morgan fingerprint density at radius 1 is 1.31 bits per heavy atom. The molecule has 1 heterocycles. The van der Waals surface area contributed by atoms with E-state index in [9.17, 15) is 4.79 Å². The summed E-state index contributed by atoms with van der Waals surface area (Å²) in [6, 6.07) is 4.23. The second kappa shape index (κ2) is 4.16. The number of hydrogen-bond donors (Lipinski definition) is 1. The lowest BCUT2D eigenvalue weighted by atomic mass is 10.1. The van der Waals surface area contributed by atoms with Crippen molar-refractivity contribution in [2.45, 2.75) is 27.2 Å². The fourth-order valence-corrected chi connectivity index (χ4v) is 2.04. The van der Waals surface area contributed by atoms with Crippen LogP contribution in [0.15, 0.2) is 12.1 Å². The number of carbonyl (C=O) groups is 1. The van der Waals surface area contributed by atoms with Gasteiger partial charge in [-0.2, -0.15) is 0 Å². The molecule has 1 N–H and O–H groups in total. The summed E-state index contributed by atoms with van der Waals surface area (Å²) in [7, 11) is 0. The smallest absolute Gasteiger partial charge is 0.246 e. The van der Waals surface area contributed by atoms with Gasteiger partial charge in [-0.1, -0.05) is 6.92 Å². The number of nitrogens with one attached hydrogen (secondary N) is 1. The van der Waals surface area contributed by atoms with Gasteiger partial charge in [-0.3, -0.25) is 4.79 Å². The Morgan fingerprint density at radius 2 is 2.00 bits per heavy atom. The molecule has 86 valence electrons. The molecule has 0 radical (unpaired) electrons. The summed E-state index contributed by atoms with van der Waals surface area (Å²) in [6.07, 6.45) is 0.984. The third-order valence-electron chi connectivity index (χ3n) is 3.08. The molecular formula is C13H18N2O. The van der Waals surface area contributed by atoms with Gasteiger partial charge in [0.1, 0.15) is 0 Å². The van der Waals surface area contributed by atoms with Crippen LogP contribution in [0, 0.1) is 13.8 Å². The van der Waals surface area contributed by atoms with Crippen LogP contribution in [0.1, 0.15) is 24.5 Å². The highest BCUT2D eigenvalue weighted by atomic mass is 16.2. The molecule has 1 aromatic rings. The van der Waals surface area contributed by atoms with Gasteiger partial charge in [0.15, 0.2) is 0 Å². The quantitative estimate of drug-likeness (QED) is 0.827. The molecule has 2 rings (SSSR count). The van der Waals surface area contributed by atoms with Crippen molar-refractivity contribution in [1.82, 2.24) is 0 Å². The number of benzene rings is 1. The van der Waals surface area contributed by atoms with Gasteiger partial charge in [0.2, 0.25) is 5.91 Å². The van der Waals surface area contributed by atoms with E-state index in [1.807, 2.05) is 4.90 Å². The van der Waals surface area contributed by atoms with E-state index in [1.54, 1.807) is 0 Å². The normalized spacial score (nSPS) is 14.7. The minimum atomic E-state index is 0.164. The van der Waals surface area contributed by atoms with E-state index in [0.717, 1.165) is 24.3 Å². The molecule has 0 saturated carbocycles. The molecule has 0 spiro atoms. The Kier molecular flexibility index (Phi) is 2.86. The van der Waals surface area contributed by atoms with Gasteiger partial charge in [0, 0.05) is 6.54 Å². The van der Waals surface area contributed by atoms with Crippen LogP contribution in [0.4, 0.5) is 11.4 Å². The fraction of sp³-hybridized carbons (Fsp3) is 0.462. The van der Waals surface area contributed by atoms with E-state index >= 15 is 0 Å². The predicted octanol–water partition coefficient (Wildman–Crippen LogP) is 2.47. The summed E-state index contributed by atoms with van der Waals surface area (Å²) in [5, 5.41) is 3.18. The number of anilines is 2. The van der Waals surface area contributed by atoms with E-state index in [0.29, 0.717) is 6.54 Å². The standard InChI is InChI=1S/C13H18N2O/c1-4-5-15-12-7-10(3)9(2)6-11(12)14-8-13(15)16/h6-7,14H,4-5,8H2,1-3H3. The van der Waals surface area contributed by atoms with Crippen LogP contribution in [0.25, 0.3) is 0 Å². The molecule has 16 heavy (non-hydrogen) atoms. The summed E-state index contributed by atoms with van der Waals surface area (Å²) in [6.45, 7) is 7.48. The molecule has 0 bridgehead atoms. The Hall–Kier alpha value is -1.51. The van der Waals surface area contributed by atoms with Crippen molar-refractivity contribution < 1.29 is 4.79 Å². The first-order valence-electron chi connectivity index (χ1n) is 5.79. The molecule has 0 atom stereocenters. The number of nitrogens with zero attached hydrogens (tertiary/aromatic N) is 1. The third kappa shape index (κ3) is 1.77. The van der Waals surface area contributed by atoms with Gasteiger partial charge in [-0.15, -0.1) is 0 Å². The van der Waals surface area contributed by atoms with E-state index in [1.165, 1.54) is 11.1 Å². The fourth-order valence-electron chi connectivity index (χ4n) is 2.04. The molecule has 0 aromatic heterocycles. The van der Waals surface area contributed by atoms with Crippen LogP contribution in [-0.4, -0.2) is 19.0 Å². The maximum Gasteiger partial charge on any atom is 0.246 e. The number of amides is 1. The van der Waals surface area contributed by atoms with Crippen LogP contribution in [0.2, 0.25) is 0 Å². The maximum absolute atomic E-state index is 11.8. The zero-order chi connectivity index (χ0) is 11.7. The van der Waals surface area contributed by atoms with Crippen molar-refractivity contribution in [3.63, 3.8) is 0 Å². The average molecular weight is 218 g/mol. The van der Waals surface area contributed by atoms with Gasteiger partial charge in [-0.25, -0.2) is 0 Å². The Morgan fingerprint density at radius 3 is 2.69 bits per heavy atom. The second-order valence-electron chi connectivity index (χ2n) is 4.35. The summed E-state index contributed by atoms with van der Waals surface area (Å²) in [4.78, 5) is 13.7. The highest BCUT2D eigenvalue weighted by molar-refractivity contribution is 6.02. The van der Waals surface area contributed by atoms with Crippen LogP contribution in [0.3, 0.4) is 0 Å². The van der Waals surface area contributed by atoms with Crippen molar-refractivity contribution in [3.8, 4) is 0 Å². The van der Waals surface area contributed by atoms with Gasteiger partial charge in [-0.05, 0) is 43.5 Å². The average Bonchev–Trinajstić information content (AvgIpc) is 2.25. The number of rotatable bonds is 2. The van der Waals surface area contributed by atoms with E-state index in [4.69, 9.17) is 0 Å². The van der Waals surface area contributed by atoms with Gasteiger partial charge >= 0.3 is 0 Å². The largest absolute Gasteiger partial charge is 0.374 e. The zero-order valence-corrected chi connectivity index (χ0v) is 10.1. The van der Waals surface area contributed by atoms with E-state index in [-0.39, 0.29) is 5.91 Å². The molecule has 0 fully saturated rings. The topological polar surface area (TPSA) is 32.3 Å². The molecular weight excluding hydrogens is 200 g/mol.